The summed E-state index contributed by atoms with van der Waals surface area (Å²) in [5.74, 6) is 2.06. The molecule has 0 aromatic carbocycles. The first-order valence-electron chi connectivity index (χ1n) is 9.84. The number of nitrogens with one attached hydrogen (secondary N) is 1. The van der Waals surface area contributed by atoms with Gasteiger partial charge in [0.15, 0.2) is 0 Å². The molecule has 0 spiro atoms. The Balaban J connectivity index is 1.62. The van der Waals surface area contributed by atoms with Crippen molar-refractivity contribution in [1.82, 2.24) is 5.43 Å². The number of aliphatic hydroxyl groups is 1. The molecule has 25 heavy (non-hydrogen) atoms. The first kappa shape index (κ1) is 17.1. The molecule has 0 unspecified atom stereocenters. The fourth-order valence-corrected chi connectivity index (χ4v) is 6.74. The third-order valence-corrected chi connectivity index (χ3v) is 8.12. The summed E-state index contributed by atoms with van der Waals surface area (Å²) in [5, 5.41) is 14.5. The lowest BCUT2D eigenvalue weighted by atomic mass is 9.48. The summed E-state index contributed by atoms with van der Waals surface area (Å²) in [6, 6.07) is -0.577. The fraction of sp³-hybridized carbons (Fsp3) is 0.800. The Morgan fingerprint density at radius 1 is 1.24 bits per heavy atom. The van der Waals surface area contributed by atoms with Crippen LogP contribution in [-0.2, 0) is 0 Å². The van der Waals surface area contributed by atoms with Crippen molar-refractivity contribution in [2.45, 2.75) is 71.3 Å². The van der Waals surface area contributed by atoms with Gasteiger partial charge in [-0.15, -0.1) is 0 Å². The zero-order chi connectivity index (χ0) is 17.8. The van der Waals surface area contributed by atoms with Crippen LogP contribution in [0.4, 0.5) is 4.79 Å². The van der Waals surface area contributed by atoms with Gasteiger partial charge in [-0.1, -0.05) is 25.5 Å². The van der Waals surface area contributed by atoms with E-state index in [1.165, 1.54) is 18.4 Å². The van der Waals surface area contributed by atoms with Gasteiger partial charge in [-0.25, -0.2) is 10.2 Å². The smallest absolute Gasteiger partial charge is 0.332 e. The molecule has 0 radical (unpaired) electrons. The molecule has 4 aliphatic rings. The highest BCUT2D eigenvalue weighted by atomic mass is 16.3. The number of allylic oxidation sites excluding steroid dienone is 1. The first-order valence-corrected chi connectivity index (χ1v) is 9.84. The van der Waals surface area contributed by atoms with E-state index in [0.717, 1.165) is 50.2 Å². The topological polar surface area (TPSA) is 87.7 Å². The second-order valence-corrected chi connectivity index (χ2v) is 9.19. The molecule has 2 amide bonds. The summed E-state index contributed by atoms with van der Waals surface area (Å²) in [6.45, 7) is 4.79. The number of primary amides is 1. The average Bonchev–Trinajstić information content (AvgIpc) is 2.90. The molecular weight excluding hydrogens is 314 g/mol. The highest BCUT2D eigenvalue weighted by Gasteiger charge is 2.57. The number of carbonyl (C=O) groups excluding carboxylic acids is 1. The van der Waals surface area contributed by atoms with Gasteiger partial charge in [-0.2, -0.15) is 5.10 Å². The third kappa shape index (κ3) is 2.54. The fourth-order valence-electron chi connectivity index (χ4n) is 6.74. The number of nitrogens with two attached hydrogens (primary N) is 1. The largest absolute Gasteiger partial charge is 0.393 e. The second-order valence-electron chi connectivity index (χ2n) is 9.19. The Bertz CT molecular complexity index is 643. The quantitative estimate of drug-likeness (QED) is 0.503. The summed E-state index contributed by atoms with van der Waals surface area (Å²) in [6.07, 6.45) is 10.9. The van der Waals surface area contributed by atoms with Crippen LogP contribution < -0.4 is 11.2 Å². The van der Waals surface area contributed by atoms with Crippen molar-refractivity contribution < 1.29 is 9.90 Å². The van der Waals surface area contributed by atoms with E-state index < -0.39 is 6.03 Å². The van der Waals surface area contributed by atoms with Gasteiger partial charge in [0, 0.05) is 11.1 Å². The van der Waals surface area contributed by atoms with Gasteiger partial charge in [0.05, 0.1) is 6.10 Å². The number of aliphatic hydroxyl groups excluding tert-OH is 1. The second kappa shape index (κ2) is 5.83. The number of rotatable bonds is 1. The Morgan fingerprint density at radius 2 is 1.96 bits per heavy atom. The Labute approximate surface area is 150 Å². The minimum atomic E-state index is -0.577. The standard InChI is InChI=1S/C20H31N3O2/c1-19-9-7-13(24)11-12(19)3-4-14-15-5-6-17(22-23-18(21)25)20(15,2)10-8-16(14)19/h3,13-16,24H,4-11H2,1-2H3,(H3,21,23,25)/b22-17-/t13-,14-,15-,16-,19-,20-/m0/s1. The van der Waals surface area contributed by atoms with Crippen molar-refractivity contribution >= 4 is 11.7 Å². The highest BCUT2D eigenvalue weighted by Crippen LogP contribution is 2.64. The van der Waals surface area contributed by atoms with Gasteiger partial charge in [-0.3, -0.25) is 0 Å². The number of hydrogen-bond acceptors (Lipinski definition) is 3. The van der Waals surface area contributed by atoms with E-state index in [-0.39, 0.29) is 16.9 Å². The summed E-state index contributed by atoms with van der Waals surface area (Å²) in [5.41, 5.74) is 10.7. The zero-order valence-corrected chi connectivity index (χ0v) is 15.4. The average molecular weight is 345 g/mol. The lowest BCUT2D eigenvalue weighted by molar-refractivity contribution is -0.0209. The Morgan fingerprint density at radius 3 is 2.72 bits per heavy atom. The Hall–Kier alpha value is -1.36. The number of amides is 2. The van der Waals surface area contributed by atoms with Gasteiger partial charge in [0.1, 0.15) is 0 Å². The highest BCUT2D eigenvalue weighted by molar-refractivity contribution is 5.93. The van der Waals surface area contributed by atoms with Gasteiger partial charge < -0.3 is 10.8 Å². The predicted molar refractivity (Wildman–Crippen MR) is 97.9 cm³/mol. The molecule has 4 N–H and O–H groups in total. The molecule has 138 valence electrons. The van der Waals surface area contributed by atoms with Crippen molar-refractivity contribution in [2.24, 2.45) is 39.4 Å². The van der Waals surface area contributed by atoms with Gasteiger partial charge in [-0.05, 0) is 74.5 Å². The Kier molecular flexibility index (Phi) is 3.98. The van der Waals surface area contributed by atoms with Crippen molar-refractivity contribution in [2.75, 3.05) is 0 Å². The summed E-state index contributed by atoms with van der Waals surface area (Å²) >= 11 is 0. The molecule has 0 aliphatic heterocycles. The molecule has 0 bridgehead atoms. The molecule has 3 fully saturated rings. The van der Waals surface area contributed by atoms with Crippen LogP contribution in [0.2, 0.25) is 0 Å². The van der Waals surface area contributed by atoms with Gasteiger partial charge >= 0.3 is 6.03 Å². The maximum absolute atomic E-state index is 11.1. The molecule has 5 heteroatoms. The normalized spacial score (nSPS) is 47.5. The summed E-state index contributed by atoms with van der Waals surface area (Å²) in [4.78, 5) is 11.1. The lowest BCUT2D eigenvalue weighted by Gasteiger charge is -2.57. The molecule has 4 aliphatic carbocycles. The minimum Gasteiger partial charge on any atom is -0.393 e. The van der Waals surface area contributed by atoms with Gasteiger partial charge in [0.25, 0.3) is 0 Å². The van der Waals surface area contributed by atoms with Gasteiger partial charge in [0.2, 0.25) is 0 Å². The van der Waals surface area contributed by atoms with E-state index >= 15 is 0 Å². The van der Waals surface area contributed by atoms with Crippen LogP contribution in [0.1, 0.15) is 65.2 Å². The molecule has 0 heterocycles. The molecule has 3 saturated carbocycles. The predicted octanol–water partition coefficient (Wildman–Crippen LogP) is 3.33. The van der Waals surface area contributed by atoms with E-state index in [4.69, 9.17) is 5.73 Å². The van der Waals surface area contributed by atoms with E-state index in [2.05, 4.69) is 30.5 Å². The van der Waals surface area contributed by atoms with Crippen LogP contribution in [0.5, 0.6) is 0 Å². The molecule has 6 atom stereocenters. The van der Waals surface area contributed by atoms with E-state index in [9.17, 15) is 9.90 Å². The molecular formula is C20H31N3O2. The third-order valence-electron chi connectivity index (χ3n) is 8.12. The van der Waals surface area contributed by atoms with Crippen LogP contribution in [0, 0.1) is 28.6 Å². The SMILES string of the molecule is C[C@]12CC[C@H](O)CC1=CC[C@@H]1[C@@H]2CC[C@]2(C)/C(=N\NC(N)=O)CC[C@@H]12. The van der Waals surface area contributed by atoms with Crippen molar-refractivity contribution in [3.63, 3.8) is 0 Å². The monoisotopic (exact) mass is 345 g/mol. The number of carbonyl (C=O) groups is 1. The van der Waals surface area contributed by atoms with E-state index in [1.54, 1.807) is 0 Å². The van der Waals surface area contributed by atoms with Crippen molar-refractivity contribution in [3.05, 3.63) is 11.6 Å². The molecule has 5 nitrogen and oxygen atoms in total. The number of fused-ring (bicyclic) bond motifs is 5. The van der Waals surface area contributed by atoms with Crippen LogP contribution in [0.25, 0.3) is 0 Å². The van der Waals surface area contributed by atoms with Crippen molar-refractivity contribution in [1.29, 1.82) is 0 Å². The van der Waals surface area contributed by atoms with Crippen molar-refractivity contribution in [3.8, 4) is 0 Å². The zero-order valence-electron chi connectivity index (χ0n) is 15.4. The van der Waals surface area contributed by atoms with E-state index in [1.807, 2.05) is 0 Å². The number of nitrogens with zero attached hydrogens (tertiary/aromatic N) is 1. The molecule has 0 saturated heterocycles. The lowest BCUT2D eigenvalue weighted by Crippen LogP contribution is -2.50. The molecule has 4 rings (SSSR count). The maximum atomic E-state index is 11.1. The molecule has 0 aromatic heterocycles. The summed E-state index contributed by atoms with van der Waals surface area (Å²) in [7, 11) is 0. The minimum absolute atomic E-state index is 0.0967. The van der Waals surface area contributed by atoms with Crippen LogP contribution in [-0.4, -0.2) is 23.0 Å². The maximum Gasteiger partial charge on any atom is 0.332 e. The molecule has 0 aromatic rings. The summed E-state index contributed by atoms with van der Waals surface area (Å²) < 4.78 is 0. The number of hydrazone groups is 1. The van der Waals surface area contributed by atoms with E-state index in [0.29, 0.717) is 11.8 Å². The van der Waals surface area contributed by atoms with Crippen LogP contribution >= 0.6 is 0 Å². The van der Waals surface area contributed by atoms with Crippen LogP contribution in [0.3, 0.4) is 0 Å². The van der Waals surface area contributed by atoms with Crippen LogP contribution in [0.15, 0.2) is 16.8 Å². The number of urea groups is 1. The first-order chi connectivity index (χ1) is 11.8. The number of hydrogen-bond donors (Lipinski definition) is 3.